The van der Waals surface area contributed by atoms with Gasteiger partial charge in [-0.2, -0.15) is 11.8 Å². The number of nitrogens with one attached hydrogen (secondary N) is 1. The van der Waals surface area contributed by atoms with Crippen LogP contribution < -0.4 is 10.6 Å². The van der Waals surface area contributed by atoms with Gasteiger partial charge in [-0.1, -0.05) is 13.0 Å². The van der Waals surface area contributed by atoms with Gasteiger partial charge in [-0.05, 0) is 18.4 Å². The predicted molar refractivity (Wildman–Crippen MR) is 83.4 cm³/mol. The van der Waals surface area contributed by atoms with Gasteiger partial charge >= 0.3 is 0 Å². The zero-order valence-corrected chi connectivity index (χ0v) is 12.4. The summed E-state index contributed by atoms with van der Waals surface area (Å²) in [6.45, 7) is 4.32. The Bertz CT molecular complexity index is 448. The van der Waals surface area contributed by atoms with Crippen molar-refractivity contribution >= 4 is 35.0 Å². The van der Waals surface area contributed by atoms with E-state index in [0.717, 1.165) is 35.0 Å². The standard InChI is InChI=1S/C13H19N3S2/c1-9-8-16(6-7-18-9)10-4-3-5-11(17-2)12(10)13(14)15/h3-5,9H,6-8H2,1-2H3,(H3,14,15). The fourth-order valence-electron chi connectivity index (χ4n) is 2.26. The Balaban J connectivity index is 2.40. The first-order valence-electron chi connectivity index (χ1n) is 6.01. The highest BCUT2D eigenvalue weighted by Crippen LogP contribution is 2.32. The van der Waals surface area contributed by atoms with Crippen molar-refractivity contribution in [3.8, 4) is 0 Å². The summed E-state index contributed by atoms with van der Waals surface area (Å²) < 4.78 is 0. The van der Waals surface area contributed by atoms with Crippen LogP contribution in [0.3, 0.4) is 0 Å². The molecule has 1 aromatic rings. The number of nitrogens with zero attached hydrogens (tertiary/aromatic N) is 1. The second-order valence-corrected chi connectivity index (χ2v) is 6.79. The lowest BCUT2D eigenvalue weighted by atomic mass is 10.1. The SMILES string of the molecule is CSc1cccc(N2CCSC(C)C2)c1C(=N)N. The third-order valence-corrected chi connectivity index (χ3v) is 4.99. The Kier molecular flexibility index (Phi) is 4.45. The van der Waals surface area contributed by atoms with E-state index in [2.05, 4.69) is 24.0 Å². The number of hydrogen-bond donors (Lipinski definition) is 2. The van der Waals surface area contributed by atoms with Crippen molar-refractivity contribution in [3.63, 3.8) is 0 Å². The molecule has 0 spiro atoms. The van der Waals surface area contributed by atoms with Crippen molar-refractivity contribution in [1.29, 1.82) is 5.41 Å². The maximum Gasteiger partial charge on any atom is 0.126 e. The molecule has 1 fully saturated rings. The normalized spacial score (nSPS) is 19.9. The maximum atomic E-state index is 7.82. The zero-order valence-electron chi connectivity index (χ0n) is 10.8. The third kappa shape index (κ3) is 2.78. The largest absolute Gasteiger partial charge is 0.384 e. The highest BCUT2D eigenvalue weighted by molar-refractivity contribution is 8.00. The number of rotatable bonds is 3. The van der Waals surface area contributed by atoms with Crippen LogP contribution in [0.5, 0.6) is 0 Å². The number of nitrogen functional groups attached to an aromatic ring is 1. The molecule has 5 heteroatoms. The lowest BCUT2D eigenvalue weighted by Crippen LogP contribution is -2.38. The van der Waals surface area contributed by atoms with E-state index in [9.17, 15) is 0 Å². The summed E-state index contributed by atoms with van der Waals surface area (Å²) in [4.78, 5) is 3.45. The summed E-state index contributed by atoms with van der Waals surface area (Å²) in [5.74, 6) is 1.31. The summed E-state index contributed by atoms with van der Waals surface area (Å²) >= 11 is 3.66. The molecule has 0 aliphatic carbocycles. The van der Waals surface area contributed by atoms with Gasteiger partial charge in [0.2, 0.25) is 0 Å². The van der Waals surface area contributed by atoms with E-state index < -0.39 is 0 Å². The molecule has 0 aromatic heterocycles. The van der Waals surface area contributed by atoms with E-state index in [1.54, 1.807) is 11.8 Å². The van der Waals surface area contributed by atoms with Gasteiger partial charge in [0.1, 0.15) is 5.84 Å². The minimum absolute atomic E-state index is 0.167. The second-order valence-electron chi connectivity index (χ2n) is 4.40. The van der Waals surface area contributed by atoms with Gasteiger partial charge in [0, 0.05) is 34.7 Å². The van der Waals surface area contributed by atoms with E-state index in [1.165, 1.54) is 0 Å². The summed E-state index contributed by atoms with van der Waals surface area (Å²) in [5.41, 5.74) is 7.78. The molecule has 1 saturated heterocycles. The Hall–Kier alpha value is -0.810. The van der Waals surface area contributed by atoms with Crippen LogP contribution in [-0.4, -0.2) is 36.2 Å². The number of anilines is 1. The maximum absolute atomic E-state index is 7.82. The van der Waals surface area contributed by atoms with Crippen molar-refractivity contribution in [3.05, 3.63) is 23.8 Å². The molecule has 2 rings (SSSR count). The number of thioether (sulfide) groups is 2. The summed E-state index contributed by atoms with van der Waals surface area (Å²) in [5, 5.41) is 8.46. The summed E-state index contributed by atoms with van der Waals surface area (Å²) in [6, 6.07) is 6.17. The number of benzene rings is 1. The third-order valence-electron chi connectivity index (χ3n) is 3.08. The minimum Gasteiger partial charge on any atom is -0.384 e. The molecule has 1 aliphatic rings. The molecule has 18 heavy (non-hydrogen) atoms. The van der Waals surface area contributed by atoms with Gasteiger partial charge in [0.15, 0.2) is 0 Å². The van der Waals surface area contributed by atoms with Crippen LogP contribution in [0, 0.1) is 5.41 Å². The quantitative estimate of drug-likeness (QED) is 0.508. The van der Waals surface area contributed by atoms with E-state index in [1.807, 2.05) is 24.1 Å². The molecule has 0 bridgehead atoms. The van der Waals surface area contributed by atoms with Crippen LogP contribution in [0.1, 0.15) is 12.5 Å². The number of amidine groups is 1. The number of hydrogen-bond acceptors (Lipinski definition) is 4. The monoisotopic (exact) mass is 281 g/mol. The zero-order chi connectivity index (χ0) is 13.1. The van der Waals surface area contributed by atoms with Crippen LogP contribution in [0.15, 0.2) is 23.1 Å². The molecule has 1 aliphatic heterocycles. The van der Waals surface area contributed by atoms with Crippen molar-refractivity contribution < 1.29 is 0 Å². The highest BCUT2D eigenvalue weighted by atomic mass is 32.2. The first-order valence-corrected chi connectivity index (χ1v) is 8.28. The first-order chi connectivity index (χ1) is 8.63. The molecule has 98 valence electrons. The lowest BCUT2D eigenvalue weighted by molar-refractivity contribution is 0.781. The molecule has 3 nitrogen and oxygen atoms in total. The second kappa shape index (κ2) is 5.89. The van der Waals surface area contributed by atoms with Crippen LogP contribution in [0.2, 0.25) is 0 Å². The van der Waals surface area contributed by atoms with Crippen molar-refractivity contribution in [2.75, 3.05) is 30.0 Å². The van der Waals surface area contributed by atoms with E-state index in [-0.39, 0.29) is 5.84 Å². The Morgan fingerprint density at radius 3 is 2.94 bits per heavy atom. The lowest BCUT2D eigenvalue weighted by Gasteiger charge is -2.34. The van der Waals surface area contributed by atoms with Gasteiger partial charge in [-0.15, -0.1) is 11.8 Å². The van der Waals surface area contributed by atoms with Crippen LogP contribution in [-0.2, 0) is 0 Å². The van der Waals surface area contributed by atoms with Gasteiger partial charge in [-0.25, -0.2) is 0 Å². The van der Waals surface area contributed by atoms with Crippen molar-refractivity contribution in [2.45, 2.75) is 17.1 Å². The topological polar surface area (TPSA) is 53.1 Å². The molecule has 0 amide bonds. The first kappa shape index (κ1) is 13.6. The fraction of sp³-hybridized carbons (Fsp3) is 0.462. The number of nitrogens with two attached hydrogens (primary N) is 1. The molecular weight excluding hydrogens is 262 g/mol. The molecule has 1 unspecified atom stereocenters. The smallest absolute Gasteiger partial charge is 0.126 e. The van der Waals surface area contributed by atoms with E-state index in [4.69, 9.17) is 11.1 Å². The molecule has 1 aromatic carbocycles. The Morgan fingerprint density at radius 1 is 1.56 bits per heavy atom. The van der Waals surface area contributed by atoms with Crippen LogP contribution in [0.4, 0.5) is 5.69 Å². The van der Waals surface area contributed by atoms with Gasteiger partial charge < -0.3 is 10.6 Å². The van der Waals surface area contributed by atoms with Crippen molar-refractivity contribution in [1.82, 2.24) is 0 Å². The molecule has 0 radical (unpaired) electrons. The van der Waals surface area contributed by atoms with Gasteiger partial charge in [-0.3, -0.25) is 5.41 Å². The minimum atomic E-state index is 0.167. The van der Waals surface area contributed by atoms with Crippen LogP contribution >= 0.6 is 23.5 Å². The average Bonchev–Trinajstić information content (AvgIpc) is 2.37. The molecule has 1 atom stereocenters. The van der Waals surface area contributed by atoms with Crippen LogP contribution in [0.25, 0.3) is 0 Å². The predicted octanol–water partition coefficient (Wildman–Crippen LogP) is 2.63. The highest BCUT2D eigenvalue weighted by Gasteiger charge is 2.21. The van der Waals surface area contributed by atoms with E-state index >= 15 is 0 Å². The molecule has 3 N–H and O–H groups in total. The Labute approximate surface area is 117 Å². The van der Waals surface area contributed by atoms with Gasteiger partial charge in [0.05, 0.1) is 5.56 Å². The fourth-order valence-corrected chi connectivity index (χ4v) is 3.91. The summed E-state index contributed by atoms with van der Waals surface area (Å²) in [6.07, 6.45) is 2.03. The van der Waals surface area contributed by atoms with Gasteiger partial charge in [0.25, 0.3) is 0 Å². The average molecular weight is 281 g/mol. The molecule has 1 heterocycles. The Morgan fingerprint density at radius 2 is 2.33 bits per heavy atom. The molecular formula is C13H19N3S2. The summed E-state index contributed by atoms with van der Waals surface area (Å²) in [7, 11) is 0. The van der Waals surface area contributed by atoms with Crippen molar-refractivity contribution in [2.24, 2.45) is 5.73 Å². The van der Waals surface area contributed by atoms with E-state index in [0.29, 0.717) is 5.25 Å². The molecule has 0 saturated carbocycles.